The van der Waals surface area contributed by atoms with Gasteiger partial charge >= 0.3 is 11.9 Å². The number of amides is 1. The summed E-state index contributed by atoms with van der Waals surface area (Å²) < 4.78 is 10.6. The van der Waals surface area contributed by atoms with E-state index in [0.29, 0.717) is 30.0 Å². The molecule has 2 N–H and O–H groups in total. The lowest BCUT2D eigenvalue weighted by molar-refractivity contribution is -0.385. The lowest BCUT2D eigenvalue weighted by Crippen LogP contribution is -2.35. The molecule has 12 heteroatoms. The Morgan fingerprint density at radius 3 is 2.50 bits per heavy atom. The first-order valence-electron chi connectivity index (χ1n) is 12.9. The van der Waals surface area contributed by atoms with E-state index in [4.69, 9.17) is 9.47 Å². The van der Waals surface area contributed by atoms with E-state index in [1.807, 2.05) is 0 Å². The minimum atomic E-state index is -0.627. The van der Waals surface area contributed by atoms with Gasteiger partial charge in [0.15, 0.2) is 0 Å². The van der Waals surface area contributed by atoms with Crippen molar-refractivity contribution in [3.05, 3.63) is 64.0 Å². The van der Waals surface area contributed by atoms with Crippen LogP contribution >= 0.6 is 11.8 Å². The predicted octanol–water partition coefficient (Wildman–Crippen LogP) is 4.20. The van der Waals surface area contributed by atoms with Gasteiger partial charge in [0.2, 0.25) is 5.91 Å². The number of hydrogen-bond donors (Lipinski definition) is 2. The lowest BCUT2D eigenvalue weighted by atomic mass is 9.87. The molecule has 40 heavy (non-hydrogen) atoms. The number of aromatic hydroxyl groups is 1. The zero-order chi connectivity index (χ0) is 29.7. The Morgan fingerprint density at radius 1 is 1.15 bits per heavy atom. The van der Waals surface area contributed by atoms with Crippen molar-refractivity contribution in [1.82, 2.24) is 10.3 Å². The van der Waals surface area contributed by atoms with Crippen molar-refractivity contribution in [1.29, 1.82) is 0 Å². The molecule has 1 aromatic heterocycles. The zero-order valence-electron chi connectivity index (χ0n) is 23.3. The fourth-order valence-corrected chi connectivity index (χ4v) is 4.67. The number of rotatable bonds is 15. The maximum absolute atomic E-state index is 12.7. The van der Waals surface area contributed by atoms with Crippen LogP contribution in [0, 0.1) is 22.0 Å². The number of hydrogen-bond acceptors (Lipinski definition) is 10. The number of thioether (sulfide) groups is 1. The normalized spacial score (nSPS) is 12.7. The molecule has 0 spiro atoms. The van der Waals surface area contributed by atoms with Crippen LogP contribution in [0.4, 0.5) is 5.69 Å². The maximum atomic E-state index is 12.7. The van der Waals surface area contributed by atoms with Crippen molar-refractivity contribution in [2.75, 3.05) is 18.9 Å². The summed E-state index contributed by atoms with van der Waals surface area (Å²) in [7, 11) is 0. The number of pyridine rings is 1. The third-order valence-electron chi connectivity index (χ3n) is 5.67. The van der Waals surface area contributed by atoms with Crippen LogP contribution < -0.4 is 5.32 Å². The van der Waals surface area contributed by atoms with E-state index >= 15 is 0 Å². The topological polar surface area (TPSA) is 158 Å². The highest BCUT2D eigenvalue weighted by atomic mass is 32.2. The molecule has 0 radical (unpaired) electrons. The number of phenolic OH excluding ortho intramolecular Hbond substituents is 1. The summed E-state index contributed by atoms with van der Waals surface area (Å²) in [5, 5.41) is 23.2. The molecule has 0 saturated carbocycles. The van der Waals surface area contributed by atoms with Crippen molar-refractivity contribution in [3.8, 4) is 5.75 Å². The molecule has 2 aromatic rings. The summed E-state index contributed by atoms with van der Waals surface area (Å²) in [6.07, 6.45) is 2.51. The van der Waals surface area contributed by atoms with Crippen LogP contribution in [-0.4, -0.2) is 57.4 Å². The molecule has 0 bridgehead atoms. The van der Waals surface area contributed by atoms with Crippen LogP contribution in [0.2, 0.25) is 0 Å². The fraction of sp³-hybridized carbons (Fsp3) is 0.500. The molecule has 0 aliphatic carbocycles. The van der Waals surface area contributed by atoms with E-state index in [-0.39, 0.29) is 48.8 Å². The van der Waals surface area contributed by atoms with Crippen LogP contribution in [0.1, 0.15) is 51.8 Å². The minimum absolute atomic E-state index is 0.0553. The number of benzene rings is 1. The highest BCUT2D eigenvalue weighted by Crippen LogP contribution is 2.24. The van der Waals surface area contributed by atoms with Crippen LogP contribution in [0.3, 0.4) is 0 Å². The SMILES string of the molecule is C[C@@H](C[C@@H](CC(=O)OC(C)(C)C)Cc1ccc(O)cc1)C(=O)NCC(=O)OCCSCc1ncccc1[N+](=O)[O-]. The van der Waals surface area contributed by atoms with Gasteiger partial charge in [-0.2, -0.15) is 11.8 Å². The first-order valence-corrected chi connectivity index (χ1v) is 14.1. The summed E-state index contributed by atoms with van der Waals surface area (Å²) in [5.41, 5.74) is 0.581. The molecule has 2 atom stereocenters. The number of nitrogens with zero attached hydrogens (tertiary/aromatic N) is 2. The second kappa shape index (κ2) is 15.8. The molecule has 0 aliphatic rings. The van der Waals surface area contributed by atoms with Crippen LogP contribution in [0.25, 0.3) is 0 Å². The second-order valence-electron chi connectivity index (χ2n) is 10.4. The molecular formula is C28H37N3O8S. The summed E-state index contributed by atoms with van der Waals surface area (Å²) >= 11 is 1.34. The van der Waals surface area contributed by atoms with E-state index in [9.17, 15) is 29.6 Å². The largest absolute Gasteiger partial charge is 0.508 e. The van der Waals surface area contributed by atoms with E-state index < -0.39 is 22.4 Å². The van der Waals surface area contributed by atoms with Gasteiger partial charge in [-0.3, -0.25) is 29.5 Å². The first kappa shape index (κ1) is 32.5. The molecule has 0 aliphatic heterocycles. The van der Waals surface area contributed by atoms with Gasteiger partial charge in [-0.25, -0.2) is 0 Å². The van der Waals surface area contributed by atoms with Gasteiger partial charge in [0.1, 0.15) is 30.2 Å². The summed E-state index contributed by atoms with van der Waals surface area (Å²) in [6, 6.07) is 9.58. The van der Waals surface area contributed by atoms with E-state index in [2.05, 4.69) is 10.3 Å². The van der Waals surface area contributed by atoms with Gasteiger partial charge in [0.25, 0.3) is 5.69 Å². The van der Waals surface area contributed by atoms with Crippen molar-refractivity contribution in [2.45, 2.75) is 58.3 Å². The molecular weight excluding hydrogens is 538 g/mol. The van der Waals surface area contributed by atoms with Crippen LogP contribution in [0.15, 0.2) is 42.6 Å². The third kappa shape index (κ3) is 12.5. The number of nitro groups is 1. The Hall–Kier alpha value is -3.67. The average molecular weight is 576 g/mol. The predicted molar refractivity (Wildman–Crippen MR) is 151 cm³/mol. The third-order valence-corrected chi connectivity index (χ3v) is 6.60. The molecule has 1 heterocycles. The smallest absolute Gasteiger partial charge is 0.325 e. The summed E-state index contributed by atoms with van der Waals surface area (Å²) in [6.45, 7) is 6.89. The minimum Gasteiger partial charge on any atom is -0.508 e. The molecule has 0 saturated heterocycles. The first-order chi connectivity index (χ1) is 18.8. The van der Waals surface area contributed by atoms with E-state index in [1.165, 1.54) is 30.1 Å². The molecule has 11 nitrogen and oxygen atoms in total. The average Bonchev–Trinajstić information content (AvgIpc) is 2.87. The maximum Gasteiger partial charge on any atom is 0.325 e. The molecule has 1 aromatic carbocycles. The number of carbonyl (C=O) groups excluding carboxylic acids is 3. The highest BCUT2D eigenvalue weighted by Gasteiger charge is 2.25. The van der Waals surface area contributed by atoms with Crippen molar-refractivity contribution < 1.29 is 33.9 Å². The Morgan fingerprint density at radius 2 is 1.85 bits per heavy atom. The molecule has 0 fully saturated rings. The van der Waals surface area contributed by atoms with Crippen LogP contribution in [0.5, 0.6) is 5.75 Å². The zero-order valence-corrected chi connectivity index (χ0v) is 24.1. The molecule has 2 rings (SSSR count). The fourth-order valence-electron chi connectivity index (χ4n) is 3.90. The van der Waals surface area contributed by atoms with E-state index in [0.717, 1.165) is 5.56 Å². The number of phenols is 1. The number of ether oxygens (including phenoxy) is 2. The van der Waals surface area contributed by atoms with E-state index in [1.54, 1.807) is 52.0 Å². The van der Waals surface area contributed by atoms with Gasteiger partial charge in [-0.05, 0) is 63.3 Å². The molecule has 1 amide bonds. The van der Waals surface area contributed by atoms with Gasteiger partial charge in [0.05, 0.1) is 4.92 Å². The Bertz CT molecular complexity index is 1150. The Labute approximate surface area is 238 Å². The van der Waals surface area contributed by atoms with Crippen molar-refractivity contribution in [3.63, 3.8) is 0 Å². The van der Waals surface area contributed by atoms with Gasteiger partial charge in [0, 0.05) is 36.1 Å². The van der Waals surface area contributed by atoms with Crippen LogP contribution in [-0.2, 0) is 36.0 Å². The van der Waals surface area contributed by atoms with Gasteiger partial charge < -0.3 is 19.9 Å². The summed E-state index contributed by atoms with van der Waals surface area (Å²) in [5.74, 6) is -1.12. The Kier molecular flexibility index (Phi) is 12.9. The number of nitrogens with one attached hydrogen (secondary N) is 1. The summed E-state index contributed by atoms with van der Waals surface area (Å²) in [4.78, 5) is 51.8. The molecule has 0 unspecified atom stereocenters. The standard InChI is InChI=1S/C28H37N3O8S/c1-19(14-21(16-25(33)39-28(2,3)4)15-20-7-9-22(32)10-8-20)27(35)30-17-26(34)38-12-13-40-18-23-24(31(36)37)6-5-11-29-23/h5-11,19,21,32H,12-18H2,1-4H3,(H,30,35)/t19-,21+/m0/s1. The van der Waals surface area contributed by atoms with Crippen molar-refractivity contribution >= 4 is 35.3 Å². The number of aromatic nitrogens is 1. The van der Waals surface area contributed by atoms with Crippen molar-refractivity contribution in [2.24, 2.45) is 11.8 Å². The quantitative estimate of drug-likeness (QED) is 0.136. The number of esters is 2. The molecule has 218 valence electrons. The van der Waals surface area contributed by atoms with Gasteiger partial charge in [-0.1, -0.05) is 19.1 Å². The highest BCUT2D eigenvalue weighted by molar-refractivity contribution is 7.98. The monoisotopic (exact) mass is 575 g/mol. The Balaban J connectivity index is 1.79. The lowest BCUT2D eigenvalue weighted by Gasteiger charge is -2.24. The van der Waals surface area contributed by atoms with Gasteiger partial charge in [-0.15, -0.1) is 0 Å². The number of carbonyl (C=O) groups is 3. The second-order valence-corrected chi connectivity index (χ2v) is 11.5.